The molecule has 2 N–H and O–H groups in total. The van der Waals surface area contributed by atoms with Gasteiger partial charge in [-0.1, -0.05) is 11.8 Å². The van der Waals surface area contributed by atoms with Gasteiger partial charge in [0.1, 0.15) is 0 Å². The number of aromatic nitrogens is 3. The standard InChI is InChI=1S/C11H20N4OS/c1-11(2,3)12-6-7-17-10-14-13-9(16)15(10)8-4-5-8/h8,12H,4-7H2,1-3H3,(H,13,16). The molecule has 6 heteroatoms. The average molecular weight is 256 g/mol. The summed E-state index contributed by atoms with van der Waals surface area (Å²) in [5.74, 6) is 0.925. The smallest absolute Gasteiger partial charge is 0.311 e. The van der Waals surface area contributed by atoms with Gasteiger partial charge in [-0.2, -0.15) is 0 Å². The molecule has 17 heavy (non-hydrogen) atoms. The molecule has 0 aromatic carbocycles. The molecule has 1 aliphatic rings. The van der Waals surface area contributed by atoms with Crippen LogP contribution in [0.3, 0.4) is 0 Å². The van der Waals surface area contributed by atoms with Crippen LogP contribution in [0.4, 0.5) is 0 Å². The van der Waals surface area contributed by atoms with E-state index in [1.165, 1.54) is 0 Å². The summed E-state index contributed by atoms with van der Waals surface area (Å²) < 4.78 is 1.79. The van der Waals surface area contributed by atoms with E-state index in [-0.39, 0.29) is 11.2 Å². The Kier molecular flexibility index (Phi) is 3.63. The third-order valence-electron chi connectivity index (χ3n) is 2.57. The van der Waals surface area contributed by atoms with E-state index in [9.17, 15) is 4.79 Å². The van der Waals surface area contributed by atoms with Crippen molar-refractivity contribution in [1.82, 2.24) is 20.1 Å². The summed E-state index contributed by atoms with van der Waals surface area (Å²) in [6, 6.07) is 0.388. The summed E-state index contributed by atoms with van der Waals surface area (Å²) in [5, 5.41) is 10.8. The van der Waals surface area contributed by atoms with Crippen LogP contribution in [0.25, 0.3) is 0 Å². The SMILES string of the molecule is CC(C)(C)NCCSc1n[nH]c(=O)n1C1CC1. The fourth-order valence-electron chi connectivity index (χ4n) is 1.62. The summed E-state index contributed by atoms with van der Waals surface area (Å²) in [6.07, 6.45) is 2.21. The van der Waals surface area contributed by atoms with E-state index in [0.717, 1.165) is 30.3 Å². The first-order chi connectivity index (χ1) is 7.97. The predicted molar refractivity (Wildman–Crippen MR) is 69.6 cm³/mol. The van der Waals surface area contributed by atoms with Gasteiger partial charge in [0, 0.05) is 23.9 Å². The molecule has 0 saturated heterocycles. The maximum atomic E-state index is 11.5. The summed E-state index contributed by atoms with van der Waals surface area (Å²) >= 11 is 1.63. The molecule has 1 aliphatic carbocycles. The van der Waals surface area contributed by atoms with E-state index in [1.807, 2.05) is 0 Å². The minimum atomic E-state index is -0.0706. The topological polar surface area (TPSA) is 62.7 Å². The Morgan fingerprint density at radius 3 is 2.82 bits per heavy atom. The first kappa shape index (κ1) is 12.7. The van der Waals surface area contributed by atoms with Crippen LogP contribution in [-0.4, -0.2) is 32.6 Å². The Balaban J connectivity index is 1.85. The molecule has 0 amide bonds. The van der Waals surface area contributed by atoms with Crippen molar-refractivity contribution in [2.45, 2.75) is 50.4 Å². The maximum Gasteiger partial charge on any atom is 0.344 e. The number of aromatic amines is 1. The van der Waals surface area contributed by atoms with Crippen molar-refractivity contribution in [3.05, 3.63) is 10.5 Å². The fraction of sp³-hybridized carbons (Fsp3) is 0.818. The first-order valence-electron chi connectivity index (χ1n) is 6.02. The fourth-order valence-corrected chi connectivity index (χ4v) is 2.48. The van der Waals surface area contributed by atoms with Gasteiger partial charge in [0.05, 0.1) is 0 Å². The van der Waals surface area contributed by atoms with Crippen LogP contribution in [0, 0.1) is 0 Å². The van der Waals surface area contributed by atoms with Crippen LogP contribution in [0.1, 0.15) is 39.7 Å². The number of hydrogen-bond acceptors (Lipinski definition) is 4. The zero-order chi connectivity index (χ0) is 12.5. The third-order valence-corrected chi connectivity index (χ3v) is 3.53. The normalized spacial score (nSPS) is 16.4. The van der Waals surface area contributed by atoms with Gasteiger partial charge in [0.15, 0.2) is 5.16 Å². The summed E-state index contributed by atoms with van der Waals surface area (Å²) in [6.45, 7) is 7.35. The van der Waals surface area contributed by atoms with Gasteiger partial charge in [-0.05, 0) is 33.6 Å². The molecule has 0 unspecified atom stereocenters. The lowest BCUT2D eigenvalue weighted by molar-refractivity contribution is 0.441. The van der Waals surface area contributed by atoms with Crippen molar-refractivity contribution in [1.29, 1.82) is 0 Å². The number of H-pyrrole nitrogens is 1. The van der Waals surface area contributed by atoms with Gasteiger partial charge in [-0.15, -0.1) is 5.10 Å². The molecule has 96 valence electrons. The highest BCUT2D eigenvalue weighted by Crippen LogP contribution is 2.35. The van der Waals surface area contributed by atoms with E-state index >= 15 is 0 Å². The molecule has 2 rings (SSSR count). The first-order valence-corrected chi connectivity index (χ1v) is 7.01. The molecule has 1 fully saturated rings. The van der Waals surface area contributed by atoms with Gasteiger partial charge < -0.3 is 5.32 Å². The molecule has 0 atom stereocenters. The van der Waals surface area contributed by atoms with Gasteiger partial charge in [-0.25, -0.2) is 9.89 Å². The van der Waals surface area contributed by atoms with Gasteiger partial charge >= 0.3 is 5.69 Å². The molecule has 0 spiro atoms. The number of rotatable bonds is 5. The highest BCUT2D eigenvalue weighted by Gasteiger charge is 2.28. The molecule has 0 radical (unpaired) electrons. The van der Waals surface area contributed by atoms with Crippen LogP contribution < -0.4 is 11.0 Å². The van der Waals surface area contributed by atoms with Gasteiger partial charge in [0.2, 0.25) is 0 Å². The third kappa shape index (κ3) is 3.61. The van der Waals surface area contributed by atoms with E-state index in [1.54, 1.807) is 16.3 Å². The van der Waals surface area contributed by atoms with Crippen molar-refractivity contribution in [2.24, 2.45) is 0 Å². The Labute approximate surface area is 105 Å². The van der Waals surface area contributed by atoms with Crippen LogP contribution in [0.2, 0.25) is 0 Å². The molecule has 1 heterocycles. The van der Waals surface area contributed by atoms with Crippen LogP contribution in [0.15, 0.2) is 9.95 Å². The van der Waals surface area contributed by atoms with E-state index in [0.29, 0.717) is 6.04 Å². The minimum Gasteiger partial charge on any atom is -0.311 e. The summed E-state index contributed by atoms with van der Waals surface area (Å²) in [5.41, 5.74) is 0.0706. The van der Waals surface area contributed by atoms with Crippen molar-refractivity contribution in [3.63, 3.8) is 0 Å². The second-order valence-electron chi connectivity index (χ2n) is 5.44. The lowest BCUT2D eigenvalue weighted by Gasteiger charge is -2.20. The molecular formula is C11H20N4OS. The molecule has 1 aromatic heterocycles. The van der Waals surface area contributed by atoms with Gasteiger partial charge in [-0.3, -0.25) is 4.57 Å². The predicted octanol–water partition coefficient (Wildman–Crippen LogP) is 1.39. The summed E-state index contributed by atoms with van der Waals surface area (Å²) in [7, 11) is 0. The molecular weight excluding hydrogens is 236 g/mol. The zero-order valence-electron chi connectivity index (χ0n) is 10.6. The summed E-state index contributed by atoms with van der Waals surface area (Å²) in [4.78, 5) is 11.5. The molecule has 5 nitrogen and oxygen atoms in total. The molecule has 1 saturated carbocycles. The number of thioether (sulfide) groups is 1. The van der Waals surface area contributed by atoms with Crippen LogP contribution >= 0.6 is 11.8 Å². The Morgan fingerprint density at radius 1 is 1.53 bits per heavy atom. The second-order valence-corrected chi connectivity index (χ2v) is 6.50. The minimum absolute atomic E-state index is 0.0706. The second kappa shape index (κ2) is 4.86. The Hall–Kier alpha value is -0.750. The molecule has 0 aliphatic heterocycles. The van der Waals surface area contributed by atoms with E-state index in [2.05, 4.69) is 36.3 Å². The van der Waals surface area contributed by atoms with Crippen molar-refractivity contribution in [3.8, 4) is 0 Å². The highest BCUT2D eigenvalue weighted by atomic mass is 32.2. The maximum absolute atomic E-state index is 11.5. The average Bonchev–Trinajstić information content (AvgIpc) is 2.98. The number of nitrogens with one attached hydrogen (secondary N) is 2. The van der Waals surface area contributed by atoms with Crippen molar-refractivity contribution < 1.29 is 0 Å². The number of nitrogens with zero attached hydrogens (tertiary/aromatic N) is 2. The lowest BCUT2D eigenvalue weighted by Crippen LogP contribution is -2.37. The monoisotopic (exact) mass is 256 g/mol. The van der Waals surface area contributed by atoms with Crippen molar-refractivity contribution >= 4 is 11.8 Å². The Bertz CT molecular complexity index is 427. The van der Waals surface area contributed by atoms with Crippen LogP contribution in [-0.2, 0) is 0 Å². The Morgan fingerprint density at radius 2 is 2.24 bits per heavy atom. The quantitative estimate of drug-likeness (QED) is 0.617. The highest BCUT2D eigenvalue weighted by molar-refractivity contribution is 7.99. The van der Waals surface area contributed by atoms with Gasteiger partial charge in [0.25, 0.3) is 0 Å². The zero-order valence-corrected chi connectivity index (χ0v) is 11.4. The molecule has 1 aromatic rings. The van der Waals surface area contributed by atoms with E-state index in [4.69, 9.17) is 0 Å². The lowest BCUT2D eigenvalue weighted by atomic mass is 10.1. The molecule has 0 bridgehead atoms. The van der Waals surface area contributed by atoms with Crippen LogP contribution in [0.5, 0.6) is 0 Å². The van der Waals surface area contributed by atoms with E-state index < -0.39 is 0 Å². The largest absolute Gasteiger partial charge is 0.344 e. The number of hydrogen-bond donors (Lipinski definition) is 2. The van der Waals surface area contributed by atoms with Crippen molar-refractivity contribution in [2.75, 3.05) is 12.3 Å².